The number of aryl methyl sites for hydroxylation is 2. The number of anilines is 1. The highest BCUT2D eigenvalue weighted by molar-refractivity contribution is 6.11. The molecule has 0 radical (unpaired) electrons. The summed E-state index contributed by atoms with van der Waals surface area (Å²) in [6.45, 7) is 9.74. The number of para-hydroxylation sites is 1. The van der Waals surface area contributed by atoms with E-state index in [1.807, 2.05) is 71.0 Å². The lowest BCUT2D eigenvalue weighted by molar-refractivity contribution is 0.104. The van der Waals surface area contributed by atoms with E-state index < -0.39 is 6.10 Å². The molecular weight excluding hydrogens is 416 g/mol. The molecule has 0 aliphatic carbocycles. The number of pyridine rings is 1. The topological polar surface area (TPSA) is 91.7 Å². The molecule has 174 valence electrons. The Kier molecular flexibility index (Phi) is 7.51. The van der Waals surface area contributed by atoms with Crippen LogP contribution in [-0.2, 0) is 0 Å². The fourth-order valence-corrected chi connectivity index (χ4v) is 3.53. The zero-order valence-electron chi connectivity index (χ0n) is 19.8. The quantitative estimate of drug-likeness (QED) is 0.342. The predicted octanol–water partition coefficient (Wildman–Crippen LogP) is 4.69. The second kappa shape index (κ2) is 10.1. The van der Waals surface area contributed by atoms with Gasteiger partial charge in [0.15, 0.2) is 5.78 Å². The highest BCUT2D eigenvalue weighted by Crippen LogP contribution is 2.29. The van der Waals surface area contributed by atoms with Crippen LogP contribution < -0.4 is 10.1 Å². The number of carbonyl (C=O) groups excluding carboxylic acids is 1. The number of carbonyl (C=O) groups is 1. The normalized spacial score (nSPS) is 12.8. The lowest BCUT2D eigenvalue weighted by Crippen LogP contribution is -2.24. The van der Waals surface area contributed by atoms with Gasteiger partial charge >= 0.3 is 0 Å². The van der Waals surface area contributed by atoms with Gasteiger partial charge < -0.3 is 20.3 Å². The first-order valence-corrected chi connectivity index (χ1v) is 11.0. The van der Waals surface area contributed by atoms with Gasteiger partial charge in [0, 0.05) is 11.9 Å². The minimum atomic E-state index is -0.948. The van der Waals surface area contributed by atoms with Crippen molar-refractivity contribution in [1.29, 1.82) is 0 Å². The number of ketones is 1. The Morgan fingerprint density at radius 3 is 2.45 bits per heavy atom. The molecule has 2 aromatic carbocycles. The molecule has 3 rings (SSSR count). The molecule has 0 spiro atoms. The van der Waals surface area contributed by atoms with E-state index in [1.165, 1.54) is 6.08 Å². The van der Waals surface area contributed by atoms with Crippen LogP contribution in [0, 0.1) is 13.8 Å². The average molecular weight is 449 g/mol. The second-order valence-electron chi connectivity index (χ2n) is 9.19. The molecule has 0 saturated carbocycles. The van der Waals surface area contributed by atoms with E-state index in [4.69, 9.17) is 9.84 Å². The van der Waals surface area contributed by atoms with Gasteiger partial charge in [-0.25, -0.2) is 4.98 Å². The lowest BCUT2D eigenvalue weighted by atomic mass is 10.0. The molecule has 0 bridgehead atoms. The largest absolute Gasteiger partial charge is 0.488 e. The summed E-state index contributed by atoms with van der Waals surface area (Å²) in [6.07, 6.45) is 2.36. The van der Waals surface area contributed by atoms with E-state index >= 15 is 0 Å². The number of aromatic nitrogens is 1. The van der Waals surface area contributed by atoms with Gasteiger partial charge in [-0.05, 0) is 81.7 Å². The Bertz CT molecular complexity index is 1160. The summed E-state index contributed by atoms with van der Waals surface area (Å²) in [7, 11) is 0. The maximum Gasteiger partial charge on any atom is 0.189 e. The van der Waals surface area contributed by atoms with E-state index in [2.05, 4.69) is 10.3 Å². The third-order valence-electron chi connectivity index (χ3n) is 5.02. The molecule has 1 atom stereocenters. The number of aliphatic hydroxyl groups excluding tert-OH is 2. The van der Waals surface area contributed by atoms with E-state index in [0.29, 0.717) is 11.4 Å². The van der Waals surface area contributed by atoms with E-state index in [9.17, 15) is 9.90 Å². The molecule has 33 heavy (non-hydrogen) atoms. The van der Waals surface area contributed by atoms with Gasteiger partial charge in [0.05, 0.1) is 23.8 Å². The first-order valence-electron chi connectivity index (χ1n) is 11.0. The van der Waals surface area contributed by atoms with Crippen molar-refractivity contribution in [3.8, 4) is 5.75 Å². The van der Waals surface area contributed by atoms with E-state index in [1.54, 1.807) is 12.1 Å². The predicted molar refractivity (Wildman–Crippen MR) is 133 cm³/mol. The maximum atomic E-state index is 13.1. The van der Waals surface area contributed by atoms with Crippen LogP contribution in [0.2, 0.25) is 0 Å². The van der Waals surface area contributed by atoms with Crippen LogP contribution in [0.5, 0.6) is 5.75 Å². The summed E-state index contributed by atoms with van der Waals surface area (Å²) in [5.74, 6) is 1.02. The third-order valence-corrected chi connectivity index (χ3v) is 5.02. The van der Waals surface area contributed by atoms with Gasteiger partial charge in [0.2, 0.25) is 0 Å². The van der Waals surface area contributed by atoms with Crippen LogP contribution in [0.1, 0.15) is 47.8 Å². The smallest absolute Gasteiger partial charge is 0.189 e. The standard InChI is InChI=1S/C27H32N2O4/c1-17-12-19(13-18(2)25(17)33-27(3,4)5)10-11-24(32)22-14-20-8-6-7-9-23(20)29-26(22)28-15-21(31)16-30/h6-14,21,30-31H,15-16H2,1-5H3,(H,28,29)/b11-10+. The fraction of sp³-hybridized carbons (Fsp3) is 0.333. The fourth-order valence-electron chi connectivity index (χ4n) is 3.53. The third kappa shape index (κ3) is 6.40. The number of nitrogens with one attached hydrogen (secondary N) is 1. The Hall–Kier alpha value is -3.22. The van der Waals surface area contributed by atoms with Gasteiger partial charge in [0.1, 0.15) is 17.2 Å². The van der Waals surface area contributed by atoms with E-state index in [0.717, 1.165) is 33.3 Å². The van der Waals surface area contributed by atoms with Crippen LogP contribution in [-0.4, -0.2) is 45.8 Å². The molecule has 1 aromatic heterocycles. The second-order valence-corrected chi connectivity index (χ2v) is 9.19. The maximum absolute atomic E-state index is 13.1. The minimum Gasteiger partial charge on any atom is -0.488 e. The van der Waals surface area contributed by atoms with Gasteiger partial charge in [0.25, 0.3) is 0 Å². The highest BCUT2D eigenvalue weighted by atomic mass is 16.5. The molecule has 6 nitrogen and oxygen atoms in total. The number of fused-ring (bicyclic) bond motifs is 1. The van der Waals surface area contributed by atoms with Gasteiger partial charge in [-0.3, -0.25) is 4.79 Å². The zero-order chi connectivity index (χ0) is 24.2. The minimum absolute atomic E-state index is 0.0828. The van der Waals surface area contributed by atoms with Crippen molar-refractivity contribution in [2.45, 2.75) is 46.3 Å². The number of rotatable bonds is 8. The summed E-state index contributed by atoms with van der Waals surface area (Å²) in [4.78, 5) is 17.7. The first-order chi connectivity index (χ1) is 15.6. The molecule has 3 N–H and O–H groups in total. The van der Waals surface area contributed by atoms with Crippen LogP contribution in [0.15, 0.2) is 48.5 Å². The summed E-state index contributed by atoms with van der Waals surface area (Å²) >= 11 is 0. The number of ether oxygens (including phenoxy) is 1. The molecular formula is C27H32N2O4. The van der Waals surface area contributed by atoms with Crippen LogP contribution in [0.3, 0.4) is 0 Å². The Labute approximate surface area is 194 Å². The highest BCUT2D eigenvalue weighted by Gasteiger charge is 2.16. The number of allylic oxidation sites excluding steroid dienone is 1. The number of hydrogen-bond acceptors (Lipinski definition) is 6. The van der Waals surface area contributed by atoms with Crippen molar-refractivity contribution in [2.75, 3.05) is 18.5 Å². The molecule has 1 unspecified atom stereocenters. The van der Waals surface area contributed by atoms with Crippen LogP contribution in [0.4, 0.5) is 5.82 Å². The SMILES string of the molecule is Cc1cc(/C=C/C(=O)c2cc3ccccc3nc2NCC(O)CO)cc(C)c1OC(C)(C)C. The molecule has 0 saturated heterocycles. The number of hydrogen-bond donors (Lipinski definition) is 3. The van der Waals surface area contributed by atoms with Gasteiger partial charge in [-0.2, -0.15) is 0 Å². The first kappa shape index (κ1) is 24.4. The van der Waals surface area contributed by atoms with Gasteiger partial charge in [-0.1, -0.05) is 24.3 Å². The van der Waals surface area contributed by atoms with Crippen molar-refractivity contribution in [2.24, 2.45) is 0 Å². The monoisotopic (exact) mass is 448 g/mol. The number of nitrogens with zero attached hydrogens (tertiary/aromatic N) is 1. The molecule has 0 amide bonds. The molecule has 0 aliphatic rings. The van der Waals surface area contributed by atoms with Crippen molar-refractivity contribution < 1.29 is 19.7 Å². The van der Waals surface area contributed by atoms with Gasteiger partial charge in [-0.15, -0.1) is 0 Å². The van der Waals surface area contributed by atoms with Crippen molar-refractivity contribution >= 4 is 28.6 Å². The van der Waals surface area contributed by atoms with Crippen LogP contribution in [0.25, 0.3) is 17.0 Å². The Morgan fingerprint density at radius 2 is 1.82 bits per heavy atom. The summed E-state index contributed by atoms with van der Waals surface area (Å²) < 4.78 is 6.08. The number of aliphatic hydroxyl groups is 2. The summed E-state index contributed by atoms with van der Waals surface area (Å²) in [6, 6.07) is 13.3. The van der Waals surface area contributed by atoms with E-state index in [-0.39, 0.29) is 24.5 Å². The summed E-state index contributed by atoms with van der Waals surface area (Å²) in [5.41, 5.74) is 3.75. The Balaban J connectivity index is 1.90. The van der Waals surface area contributed by atoms with Crippen LogP contribution >= 0.6 is 0 Å². The molecule has 0 aliphatic heterocycles. The number of benzene rings is 2. The lowest BCUT2D eigenvalue weighted by Gasteiger charge is -2.24. The molecule has 0 fully saturated rings. The zero-order valence-corrected chi connectivity index (χ0v) is 19.8. The Morgan fingerprint density at radius 1 is 1.15 bits per heavy atom. The van der Waals surface area contributed by atoms with Crippen molar-refractivity contribution in [1.82, 2.24) is 4.98 Å². The average Bonchev–Trinajstić information content (AvgIpc) is 2.76. The molecule has 1 heterocycles. The summed E-state index contributed by atoms with van der Waals surface area (Å²) in [5, 5.41) is 22.6. The van der Waals surface area contributed by atoms with Crippen molar-refractivity contribution in [3.05, 3.63) is 70.8 Å². The van der Waals surface area contributed by atoms with Crippen molar-refractivity contribution in [3.63, 3.8) is 0 Å². The molecule has 6 heteroatoms. The molecule has 3 aromatic rings.